The third-order valence-electron chi connectivity index (χ3n) is 5.55. The van der Waals surface area contributed by atoms with Gasteiger partial charge in [-0.2, -0.15) is 5.10 Å². The van der Waals surface area contributed by atoms with E-state index >= 15 is 0 Å². The Kier molecular flexibility index (Phi) is 5.68. The van der Waals surface area contributed by atoms with Gasteiger partial charge < -0.3 is 9.47 Å². The van der Waals surface area contributed by atoms with Crippen molar-refractivity contribution >= 4 is 33.5 Å². The number of aromatic nitrogens is 1. The third kappa shape index (κ3) is 3.89. The molecule has 0 spiro atoms. The molecular weight excluding hydrogens is 438 g/mol. The van der Waals surface area contributed by atoms with Crippen LogP contribution in [0.3, 0.4) is 0 Å². The van der Waals surface area contributed by atoms with Gasteiger partial charge in [0.05, 0.1) is 36.5 Å². The van der Waals surface area contributed by atoms with Gasteiger partial charge in [0, 0.05) is 23.4 Å². The van der Waals surface area contributed by atoms with Gasteiger partial charge in [-0.3, -0.25) is 0 Å². The molecule has 1 aliphatic heterocycles. The Hall–Kier alpha value is -3.16. The molecule has 0 fully saturated rings. The zero-order valence-corrected chi connectivity index (χ0v) is 19.7. The number of nitrogens with zero attached hydrogens (tertiary/aromatic N) is 3. The van der Waals surface area contributed by atoms with E-state index in [1.54, 1.807) is 36.9 Å². The number of hydrogen-bond donors (Lipinski definition) is 0. The molecule has 7 heteroatoms. The highest BCUT2D eigenvalue weighted by atomic mass is 32.1. The standard InChI is InChI=1S/C25H23N3O2S2/c1-16-6-8-17(9-7-16)22-14-20(24-5-4-12-31-24)27-28(22)25-26-21(15-32-25)19-11-10-18(29-2)13-23(19)30-3/h4-13,15,22H,14H2,1-3H3. The number of thiophene rings is 1. The summed E-state index contributed by atoms with van der Waals surface area (Å²) in [4.78, 5) is 6.16. The molecule has 5 nitrogen and oxygen atoms in total. The van der Waals surface area contributed by atoms with Crippen LogP contribution in [-0.4, -0.2) is 24.9 Å². The highest BCUT2D eigenvalue weighted by Crippen LogP contribution is 2.41. The van der Waals surface area contributed by atoms with E-state index in [2.05, 4.69) is 59.1 Å². The number of rotatable bonds is 6. The molecule has 0 radical (unpaired) electrons. The summed E-state index contributed by atoms with van der Waals surface area (Å²) in [7, 11) is 3.31. The summed E-state index contributed by atoms with van der Waals surface area (Å²) in [6.45, 7) is 2.11. The van der Waals surface area contributed by atoms with Gasteiger partial charge in [0.25, 0.3) is 0 Å². The summed E-state index contributed by atoms with van der Waals surface area (Å²) >= 11 is 3.32. The Balaban J connectivity index is 1.53. The van der Waals surface area contributed by atoms with Crippen molar-refractivity contribution in [2.75, 3.05) is 19.2 Å². The number of hydrogen-bond acceptors (Lipinski definition) is 7. The Labute approximate surface area is 195 Å². The summed E-state index contributed by atoms with van der Waals surface area (Å²) in [6.07, 6.45) is 0.852. The zero-order valence-electron chi connectivity index (χ0n) is 18.1. The van der Waals surface area contributed by atoms with Crippen LogP contribution in [-0.2, 0) is 0 Å². The predicted molar refractivity (Wildman–Crippen MR) is 133 cm³/mol. The van der Waals surface area contributed by atoms with Gasteiger partial charge >= 0.3 is 0 Å². The lowest BCUT2D eigenvalue weighted by atomic mass is 10.0. The number of aryl methyl sites for hydroxylation is 1. The van der Waals surface area contributed by atoms with Crippen molar-refractivity contribution in [2.45, 2.75) is 19.4 Å². The van der Waals surface area contributed by atoms with E-state index < -0.39 is 0 Å². The van der Waals surface area contributed by atoms with Gasteiger partial charge in [-0.1, -0.05) is 35.9 Å². The maximum atomic E-state index is 5.59. The second kappa shape index (κ2) is 8.76. The summed E-state index contributed by atoms with van der Waals surface area (Å²) in [6, 6.07) is 18.8. The fraction of sp³-hybridized carbons (Fsp3) is 0.200. The highest BCUT2D eigenvalue weighted by molar-refractivity contribution is 7.14. The Morgan fingerprint density at radius 2 is 1.84 bits per heavy atom. The monoisotopic (exact) mass is 461 g/mol. The number of methoxy groups -OCH3 is 2. The van der Waals surface area contributed by atoms with Crippen molar-refractivity contribution in [3.05, 3.63) is 81.4 Å². The first kappa shape index (κ1) is 20.7. The number of thiazole rings is 1. The largest absolute Gasteiger partial charge is 0.497 e. The molecule has 4 aromatic rings. The van der Waals surface area contributed by atoms with Crippen LogP contribution >= 0.6 is 22.7 Å². The normalized spacial score (nSPS) is 15.7. The molecule has 3 heterocycles. The third-order valence-corrected chi connectivity index (χ3v) is 7.30. The lowest BCUT2D eigenvalue weighted by Gasteiger charge is -2.21. The molecule has 0 saturated carbocycles. The first-order valence-electron chi connectivity index (χ1n) is 10.3. The van der Waals surface area contributed by atoms with E-state index in [0.717, 1.165) is 40.0 Å². The van der Waals surface area contributed by atoms with E-state index in [1.165, 1.54) is 16.0 Å². The van der Waals surface area contributed by atoms with Crippen LogP contribution in [0.2, 0.25) is 0 Å². The second-order valence-corrected chi connectivity index (χ2v) is 9.36. The molecule has 0 aliphatic carbocycles. The van der Waals surface area contributed by atoms with Gasteiger partial charge in [-0.25, -0.2) is 9.99 Å². The lowest BCUT2D eigenvalue weighted by molar-refractivity contribution is 0.395. The summed E-state index contributed by atoms with van der Waals surface area (Å²) in [5, 5.41) is 12.1. The topological polar surface area (TPSA) is 47.0 Å². The fourth-order valence-electron chi connectivity index (χ4n) is 3.83. The van der Waals surface area contributed by atoms with E-state index in [9.17, 15) is 0 Å². The smallest absolute Gasteiger partial charge is 0.207 e. The first-order chi connectivity index (χ1) is 15.7. The summed E-state index contributed by atoms with van der Waals surface area (Å²) < 4.78 is 10.9. The van der Waals surface area contributed by atoms with Crippen molar-refractivity contribution in [3.8, 4) is 22.8 Å². The zero-order chi connectivity index (χ0) is 22.1. The average molecular weight is 462 g/mol. The van der Waals surface area contributed by atoms with E-state index in [1.807, 2.05) is 18.2 Å². The Morgan fingerprint density at radius 3 is 2.56 bits per heavy atom. The van der Waals surface area contributed by atoms with Gasteiger partial charge in [-0.15, -0.1) is 22.7 Å². The fourth-order valence-corrected chi connectivity index (χ4v) is 5.37. The van der Waals surface area contributed by atoms with Gasteiger partial charge in [0.15, 0.2) is 0 Å². The van der Waals surface area contributed by atoms with E-state index in [-0.39, 0.29) is 6.04 Å². The van der Waals surface area contributed by atoms with Gasteiger partial charge in [-0.05, 0) is 36.1 Å². The second-order valence-electron chi connectivity index (χ2n) is 7.58. The van der Waals surface area contributed by atoms with Crippen LogP contribution in [0.5, 0.6) is 11.5 Å². The number of hydrazone groups is 1. The molecule has 2 aromatic carbocycles. The minimum Gasteiger partial charge on any atom is -0.497 e. The molecule has 1 aliphatic rings. The van der Waals surface area contributed by atoms with Crippen LogP contribution in [0, 0.1) is 6.92 Å². The average Bonchev–Trinajstić information content (AvgIpc) is 3.59. The number of anilines is 1. The summed E-state index contributed by atoms with van der Waals surface area (Å²) in [5.41, 5.74) is 5.39. The molecule has 32 heavy (non-hydrogen) atoms. The molecule has 2 aromatic heterocycles. The molecule has 1 atom stereocenters. The van der Waals surface area contributed by atoms with Crippen molar-refractivity contribution < 1.29 is 9.47 Å². The van der Waals surface area contributed by atoms with Crippen molar-refractivity contribution in [3.63, 3.8) is 0 Å². The lowest BCUT2D eigenvalue weighted by Crippen LogP contribution is -2.18. The van der Waals surface area contributed by atoms with Crippen LogP contribution in [0.1, 0.15) is 28.5 Å². The van der Waals surface area contributed by atoms with E-state index in [4.69, 9.17) is 19.6 Å². The molecule has 5 rings (SSSR count). The molecule has 0 bridgehead atoms. The van der Waals surface area contributed by atoms with Crippen LogP contribution in [0.4, 0.5) is 5.13 Å². The van der Waals surface area contributed by atoms with E-state index in [0.29, 0.717) is 0 Å². The Bertz CT molecular complexity index is 1250. The molecular formula is C25H23N3O2S2. The quantitative estimate of drug-likeness (QED) is 0.326. The highest BCUT2D eigenvalue weighted by Gasteiger charge is 2.32. The number of benzene rings is 2. The van der Waals surface area contributed by atoms with Gasteiger partial charge in [0.1, 0.15) is 11.5 Å². The van der Waals surface area contributed by atoms with Crippen LogP contribution in [0.25, 0.3) is 11.3 Å². The molecule has 0 saturated heterocycles. The minimum absolute atomic E-state index is 0.115. The molecule has 0 N–H and O–H groups in total. The minimum atomic E-state index is 0.115. The Morgan fingerprint density at radius 1 is 1.00 bits per heavy atom. The predicted octanol–water partition coefficient (Wildman–Crippen LogP) is 6.55. The molecule has 162 valence electrons. The number of ether oxygens (including phenoxy) is 2. The van der Waals surface area contributed by atoms with Crippen molar-refractivity contribution in [1.82, 2.24) is 4.98 Å². The molecule has 1 unspecified atom stereocenters. The van der Waals surface area contributed by atoms with Crippen molar-refractivity contribution in [1.29, 1.82) is 0 Å². The van der Waals surface area contributed by atoms with Gasteiger partial charge in [0.2, 0.25) is 5.13 Å². The molecule has 0 amide bonds. The summed E-state index contributed by atoms with van der Waals surface area (Å²) in [5.74, 6) is 1.49. The first-order valence-corrected chi connectivity index (χ1v) is 12.1. The maximum absolute atomic E-state index is 5.59. The van der Waals surface area contributed by atoms with Crippen LogP contribution < -0.4 is 14.5 Å². The maximum Gasteiger partial charge on any atom is 0.207 e. The van der Waals surface area contributed by atoms with Crippen molar-refractivity contribution in [2.24, 2.45) is 5.10 Å². The van der Waals surface area contributed by atoms with Crippen LogP contribution in [0.15, 0.2) is 70.5 Å². The SMILES string of the molecule is COc1ccc(-c2csc(N3N=C(c4cccs4)CC3c3ccc(C)cc3)n2)c(OC)c1.